The maximum Gasteiger partial charge on any atom is 0.269 e. The minimum atomic E-state index is -0.0935. The minimum Gasteiger partial charge on any atom is -0.351 e. The molecule has 0 fully saturated rings. The van der Waals surface area contributed by atoms with Crippen LogP contribution < -0.4 is 5.32 Å². The molecular weight excluding hydrogens is 268 g/mol. The van der Waals surface area contributed by atoms with Gasteiger partial charge in [-0.05, 0) is 34.5 Å². The van der Waals surface area contributed by atoms with Gasteiger partial charge in [0.15, 0.2) is 0 Å². The van der Waals surface area contributed by atoms with Crippen molar-refractivity contribution in [1.82, 2.24) is 10.3 Å². The second-order valence-electron chi connectivity index (χ2n) is 3.68. The largest absolute Gasteiger partial charge is 0.351 e. The van der Waals surface area contributed by atoms with Crippen LogP contribution in [0.5, 0.6) is 0 Å². The number of amides is 1. The zero-order chi connectivity index (χ0) is 11.8. The molecule has 16 heavy (non-hydrogen) atoms. The monoisotopic (exact) mass is 284 g/mol. The summed E-state index contributed by atoms with van der Waals surface area (Å²) < 4.78 is 0.881. The van der Waals surface area contributed by atoms with Crippen LogP contribution >= 0.6 is 15.9 Å². The fourth-order valence-corrected chi connectivity index (χ4v) is 1.59. The van der Waals surface area contributed by atoms with E-state index >= 15 is 0 Å². The molecule has 1 heterocycles. The first-order valence-electron chi connectivity index (χ1n) is 5.63. The summed E-state index contributed by atoms with van der Waals surface area (Å²) in [5.41, 5.74) is 0.471. The third-order valence-corrected chi connectivity index (χ3v) is 2.74. The number of hydrogen-bond donors (Lipinski definition) is 1. The van der Waals surface area contributed by atoms with Crippen molar-refractivity contribution in [2.24, 2.45) is 0 Å². The van der Waals surface area contributed by atoms with E-state index in [9.17, 15) is 4.79 Å². The molecule has 0 spiro atoms. The molecule has 0 aromatic carbocycles. The van der Waals surface area contributed by atoms with Crippen molar-refractivity contribution in [3.63, 3.8) is 0 Å². The van der Waals surface area contributed by atoms with Crippen LogP contribution in [0.15, 0.2) is 22.8 Å². The highest BCUT2D eigenvalue weighted by Gasteiger charge is 2.05. The summed E-state index contributed by atoms with van der Waals surface area (Å²) >= 11 is 3.28. The number of rotatable bonds is 6. The minimum absolute atomic E-state index is 0.0935. The van der Waals surface area contributed by atoms with Crippen LogP contribution in [0.25, 0.3) is 0 Å². The fourth-order valence-electron chi connectivity index (χ4n) is 1.35. The zero-order valence-electron chi connectivity index (χ0n) is 9.50. The van der Waals surface area contributed by atoms with Gasteiger partial charge in [-0.15, -0.1) is 0 Å². The van der Waals surface area contributed by atoms with E-state index < -0.39 is 0 Å². The van der Waals surface area contributed by atoms with Gasteiger partial charge in [0.2, 0.25) is 0 Å². The average molecular weight is 285 g/mol. The highest BCUT2D eigenvalue weighted by molar-refractivity contribution is 9.10. The molecule has 3 nitrogen and oxygen atoms in total. The number of hydrogen-bond acceptors (Lipinski definition) is 2. The molecule has 1 amide bonds. The van der Waals surface area contributed by atoms with E-state index in [1.165, 1.54) is 19.3 Å². The Morgan fingerprint density at radius 2 is 2.19 bits per heavy atom. The molecule has 1 rings (SSSR count). The van der Waals surface area contributed by atoms with Crippen LogP contribution in [0.2, 0.25) is 0 Å². The lowest BCUT2D eigenvalue weighted by Gasteiger charge is -2.04. The maximum absolute atomic E-state index is 11.6. The lowest BCUT2D eigenvalue weighted by atomic mass is 10.2. The molecule has 0 radical (unpaired) electrons. The van der Waals surface area contributed by atoms with Gasteiger partial charge >= 0.3 is 0 Å². The Hall–Kier alpha value is -0.900. The third-order valence-electron chi connectivity index (χ3n) is 2.28. The molecule has 0 aliphatic rings. The molecular formula is C12H17BrN2O. The third kappa shape index (κ3) is 4.75. The summed E-state index contributed by atoms with van der Waals surface area (Å²) in [5, 5.41) is 2.86. The first-order valence-corrected chi connectivity index (χ1v) is 6.43. The van der Waals surface area contributed by atoms with Crippen LogP contribution in [-0.4, -0.2) is 17.4 Å². The summed E-state index contributed by atoms with van der Waals surface area (Å²) in [6.07, 6.45) is 6.28. The van der Waals surface area contributed by atoms with Gasteiger partial charge in [-0.2, -0.15) is 0 Å². The number of nitrogens with one attached hydrogen (secondary N) is 1. The lowest BCUT2D eigenvalue weighted by Crippen LogP contribution is -2.25. The number of carbonyl (C=O) groups excluding carboxylic acids is 1. The Labute approximate surface area is 105 Å². The van der Waals surface area contributed by atoms with Crippen molar-refractivity contribution in [2.75, 3.05) is 6.54 Å². The van der Waals surface area contributed by atoms with Gasteiger partial charge in [-0.3, -0.25) is 4.79 Å². The summed E-state index contributed by atoms with van der Waals surface area (Å²) in [7, 11) is 0. The van der Waals surface area contributed by atoms with Gasteiger partial charge in [-0.25, -0.2) is 4.98 Å². The van der Waals surface area contributed by atoms with Gasteiger partial charge in [0.1, 0.15) is 5.69 Å². The van der Waals surface area contributed by atoms with Crippen molar-refractivity contribution in [1.29, 1.82) is 0 Å². The quantitative estimate of drug-likeness (QED) is 0.816. The lowest BCUT2D eigenvalue weighted by molar-refractivity contribution is 0.0948. The molecule has 0 atom stereocenters. The van der Waals surface area contributed by atoms with Crippen molar-refractivity contribution in [3.05, 3.63) is 28.5 Å². The van der Waals surface area contributed by atoms with E-state index in [4.69, 9.17) is 0 Å². The van der Waals surface area contributed by atoms with Gasteiger partial charge < -0.3 is 5.32 Å². The summed E-state index contributed by atoms with van der Waals surface area (Å²) in [5.74, 6) is -0.0935. The number of carbonyl (C=O) groups is 1. The standard InChI is InChI=1S/C12H17BrN2O/c1-2-3-4-5-8-14-12(16)11-7-6-10(13)9-15-11/h6-7,9H,2-5,8H2,1H3,(H,14,16). The Balaban J connectivity index is 2.27. The molecule has 0 aliphatic carbocycles. The molecule has 88 valence electrons. The first kappa shape index (κ1) is 13.2. The van der Waals surface area contributed by atoms with Gasteiger partial charge in [0.25, 0.3) is 5.91 Å². The second kappa shape index (κ2) is 7.39. The molecule has 0 aliphatic heterocycles. The first-order chi connectivity index (χ1) is 7.74. The zero-order valence-corrected chi connectivity index (χ0v) is 11.1. The molecule has 0 unspecified atom stereocenters. The van der Waals surface area contributed by atoms with E-state index in [2.05, 4.69) is 33.2 Å². The Kier molecular flexibility index (Phi) is 6.08. The number of halogens is 1. The number of unbranched alkanes of at least 4 members (excludes halogenated alkanes) is 3. The van der Waals surface area contributed by atoms with Gasteiger partial charge in [0.05, 0.1) is 0 Å². The average Bonchev–Trinajstić information content (AvgIpc) is 2.29. The normalized spacial score (nSPS) is 10.1. The van der Waals surface area contributed by atoms with E-state index in [-0.39, 0.29) is 5.91 Å². The molecule has 1 N–H and O–H groups in total. The predicted molar refractivity (Wildman–Crippen MR) is 68.4 cm³/mol. The smallest absolute Gasteiger partial charge is 0.269 e. The Bertz CT molecular complexity index is 324. The van der Waals surface area contributed by atoms with Crippen molar-refractivity contribution in [3.8, 4) is 0 Å². The van der Waals surface area contributed by atoms with E-state index in [0.29, 0.717) is 5.69 Å². The molecule has 0 saturated carbocycles. The second-order valence-corrected chi connectivity index (χ2v) is 4.59. The van der Waals surface area contributed by atoms with Gasteiger partial charge in [-0.1, -0.05) is 26.2 Å². The van der Waals surface area contributed by atoms with Gasteiger partial charge in [0, 0.05) is 17.2 Å². The fraction of sp³-hybridized carbons (Fsp3) is 0.500. The SMILES string of the molecule is CCCCCCNC(=O)c1ccc(Br)cn1. The molecule has 4 heteroatoms. The Morgan fingerprint density at radius 3 is 2.81 bits per heavy atom. The molecule has 0 bridgehead atoms. The molecule has 1 aromatic heterocycles. The summed E-state index contributed by atoms with van der Waals surface area (Å²) in [6.45, 7) is 2.90. The van der Waals surface area contributed by atoms with Crippen molar-refractivity contribution < 1.29 is 4.79 Å². The number of pyridine rings is 1. The van der Waals surface area contributed by atoms with Crippen LogP contribution in [-0.2, 0) is 0 Å². The summed E-state index contributed by atoms with van der Waals surface area (Å²) in [4.78, 5) is 15.6. The maximum atomic E-state index is 11.6. The Morgan fingerprint density at radius 1 is 1.38 bits per heavy atom. The molecule has 1 aromatic rings. The van der Waals surface area contributed by atoms with E-state index in [1.807, 2.05) is 6.07 Å². The van der Waals surface area contributed by atoms with E-state index in [1.54, 1.807) is 12.3 Å². The van der Waals surface area contributed by atoms with Crippen LogP contribution in [0.4, 0.5) is 0 Å². The van der Waals surface area contributed by atoms with Crippen molar-refractivity contribution in [2.45, 2.75) is 32.6 Å². The highest BCUT2D eigenvalue weighted by Crippen LogP contribution is 2.07. The molecule has 0 saturated heterocycles. The highest BCUT2D eigenvalue weighted by atomic mass is 79.9. The summed E-state index contributed by atoms with van der Waals surface area (Å²) in [6, 6.07) is 3.53. The topological polar surface area (TPSA) is 42.0 Å². The number of aromatic nitrogens is 1. The van der Waals surface area contributed by atoms with Crippen molar-refractivity contribution >= 4 is 21.8 Å². The van der Waals surface area contributed by atoms with Crippen LogP contribution in [0.1, 0.15) is 43.1 Å². The van der Waals surface area contributed by atoms with Crippen LogP contribution in [0.3, 0.4) is 0 Å². The number of nitrogens with zero attached hydrogens (tertiary/aromatic N) is 1. The van der Waals surface area contributed by atoms with Crippen LogP contribution in [0, 0.1) is 0 Å². The van der Waals surface area contributed by atoms with E-state index in [0.717, 1.165) is 17.4 Å². The predicted octanol–water partition coefficient (Wildman–Crippen LogP) is 3.15.